The number of thiol groups is 4. The van der Waals surface area contributed by atoms with Crippen LogP contribution in [0.5, 0.6) is 0 Å². The van der Waals surface area contributed by atoms with Crippen LogP contribution < -0.4 is 0 Å². The first-order valence-corrected chi connectivity index (χ1v) is 8.89. The largest absolute Gasteiger partial charge is 0.455 e. The molecular weight excluding hydrogens is 460 g/mol. The Morgan fingerprint density at radius 2 is 0.724 bits per heavy atom. The summed E-state index contributed by atoms with van der Waals surface area (Å²) in [5.74, 6) is 4.11. The molecule has 0 saturated heterocycles. The molecule has 8 nitrogen and oxygen atoms in total. The molecule has 0 aliphatic heterocycles. The molecule has 0 aromatic rings. The summed E-state index contributed by atoms with van der Waals surface area (Å²) in [4.78, 5) is 46.2. The number of rotatable bonds is 8. The Morgan fingerprint density at radius 3 is 0.897 bits per heavy atom. The maximum Gasteiger partial charge on any atom is 0.385 e. The Morgan fingerprint density at radius 1 is 0.517 bits per heavy atom. The van der Waals surface area contributed by atoms with Crippen LogP contribution in [-0.4, -0.2) is 50.3 Å². The van der Waals surface area contributed by atoms with E-state index in [9.17, 15) is 19.2 Å². The average molecular weight is 473 g/mol. The third kappa shape index (κ3) is 12.6. The van der Waals surface area contributed by atoms with E-state index in [0.29, 0.717) is 0 Å². The first-order valence-electron chi connectivity index (χ1n) is 7.10. The van der Waals surface area contributed by atoms with Gasteiger partial charge in [0.2, 0.25) is 0 Å². The van der Waals surface area contributed by atoms with Gasteiger partial charge in [0, 0.05) is 23.7 Å². The van der Waals surface area contributed by atoms with Gasteiger partial charge in [0.05, 0.1) is 0 Å². The minimum absolute atomic E-state index is 0.529. The van der Waals surface area contributed by atoms with E-state index in [-0.39, 0.29) is 0 Å². The Balaban J connectivity index is 5.65. The molecule has 0 aromatic heterocycles. The smallest absolute Gasteiger partial charge is 0.385 e. The van der Waals surface area contributed by atoms with E-state index in [4.69, 9.17) is 18.9 Å². The maximum absolute atomic E-state index is 11.5. The number of carbonyl (C=O) groups excluding carboxylic acids is 4. The van der Waals surface area contributed by atoms with E-state index < -0.39 is 55.7 Å². The third-order valence-electron chi connectivity index (χ3n) is 2.67. The van der Waals surface area contributed by atoms with E-state index in [1.807, 2.05) is 44.7 Å². The molecule has 0 aliphatic carbocycles. The SMILES string of the molecule is O=C(C#CS)OCC(COC(=O)C#CS)(COC(=O)C#CS)COC(=O)C#CS. The molecule has 0 fully saturated rings. The number of hydrogen-bond donors (Lipinski definition) is 4. The van der Waals surface area contributed by atoms with E-state index in [1.54, 1.807) is 0 Å². The highest BCUT2D eigenvalue weighted by molar-refractivity contribution is 7.85. The van der Waals surface area contributed by atoms with Crippen LogP contribution in [0.2, 0.25) is 0 Å². The van der Waals surface area contributed by atoms with E-state index in [1.165, 1.54) is 0 Å². The minimum atomic E-state index is -1.52. The molecule has 0 unspecified atom stereocenters. The zero-order valence-corrected chi connectivity index (χ0v) is 18.0. The Kier molecular flexibility index (Phi) is 14.1. The highest BCUT2D eigenvalue weighted by atomic mass is 32.1. The van der Waals surface area contributed by atoms with Crippen LogP contribution in [0, 0.1) is 50.1 Å². The summed E-state index contributed by atoms with van der Waals surface area (Å²) in [5.41, 5.74) is -1.52. The normalized spacial score (nSPS) is 8.69. The second kappa shape index (κ2) is 15.4. The lowest BCUT2D eigenvalue weighted by Crippen LogP contribution is -2.43. The molecule has 0 bridgehead atoms. The number of esters is 4. The van der Waals surface area contributed by atoms with Gasteiger partial charge in [-0.2, -0.15) is 0 Å². The molecule has 0 heterocycles. The van der Waals surface area contributed by atoms with Crippen molar-refractivity contribution in [2.45, 2.75) is 0 Å². The van der Waals surface area contributed by atoms with Gasteiger partial charge in [-0.25, -0.2) is 19.2 Å². The predicted octanol–water partition coefficient (Wildman–Crippen LogP) is -0.292. The van der Waals surface area contributed by atoms with Gasteiger partial charge in [-0.05, 0) is 21.0 Å². The lowest BCUT2D eigenvalue weighted by Gasteiger charge is -2.30. The molecule has 152 valence electrons. The minimum Gasteiger partial charge on any atom is -0.455 e. The highest BCUT2D eigenvalue weighted by Gasteiger charge is 2.37. The van der Waals surface area contributed by atoms with Crippen molar-refractivity contribution in [3.63, 3.8) is 0 Å². The highest BCUT2D eigenvalue weighted by Crippen LogP contribution is 2.21. The van der Waals surface area contributed by atoms with Gasteiger partial charge in [0.1, 0.15) is 31.8 Å². The second-order valence-corrected chi connectivity index (χ2v) is 5.65. The monoisotopic (exact) mass is 472 g/mol. The van der Waals surface area contributed by atoms with Crippen LogP contribution in [-0.2, 0) is 38.1 Å². The van der Waals surface area contributed by atoms with Crippen LogP contribution in [0.4, 0.5) is 0 Å². The Bertz CT molecular complexity index is 734. The summed E-state index contributed by atoms with van der Waals surface area (Å²) < 4.78 is 19.7. The summed E-state index contributed by atoms with van der Waals surface area (Å²) in [5, 5.41) is 8.15. The quantitative estimate of drug-likeness (QED) is 0.165. The van der Waals surface area contributed by atoms with Crippen molar-refractivity contribution in [2.24, 2.45) is 5.41 Å². The van der Waals surface area contributed by atoms with Crippen molar-refractivity contribution in [3.8, 4) is 44.7 Å². The molecule has 29 heavy (non-hydrogen) atoms. The Labute approximate surface area is 188 Å². The van der Waals surface area contributed by atoms with Crippen molar-refractivity contribution in [3.05, 3.63) is 0 Å². The van der Waals surface area contributed by atoms with Crippen LogP contribution >= 0.6 is 50.5 Å². The standard InChI is InChI=1S/C17H12O8S4/c18-13(1-5-26)22-9-17(10-23-14(19)2-6-27,11-24-15(20)3-7-28)12-25-16(21)4-8-29/h26-29H,9-12H2. The average Bonchev–Trinajstić information content (AvgIpc) is 2.68. The van der Waals surface area contributed by atoms with Gasteiger partial charge in [0.15, 0.2) is 0 Å². The van der Waals surface area contributed by atoms with Crippen LogP contribution in [0.15, 0.2) is 0 Å². The number of hydrogen-bond acceptors (Lipinski definition) is 12. The molecule has 0 aromatic carbocycles. The zero-order valence-electron chi connectivity index (χ0n) is 14.4. The van der Waals surface area contributed by atoms with Crippen molar-refractivity contribution >= 4 is 74.4 Å². The molecule has 0 rings (SSSR count). The molecule has 12 heteroatoms. The zero-order chi connectivity index (χ0) is 22.1. The lowest BCUT2D eigenvalue weighted by atomic mass is 9.92. The first kappa shape index (κ1) is 26.5. The summed E-state index contributed by atoms with van der Waals surface area (Å²) in [7, 11) is 0. The van der Waals surface area contributed by atoms with Crippen molar-refractivity contribution in [2.75, 3.05) is 26.4 Å². The Hall–Kier alpha value is -2.48. The molecule has 0 N–H and O–H groups in total. The summed E-state index contributed by atoms with van der Waals surface area (Å²) in [6.45, 7) is -2.11. The van der Waals surface area contributed by atoms with Crippen molar-refractivity contribution in [1.29, 1.82) is 0 Å². The predicted molar refractivity (Wildman–Crippen MR) is 113 cm³/mol. The number of ether oxygens (including phenoxy) is 4. The second-order valence-electron chi connectivity index (χ2n) is 4.75. The van der Waals surface area contributed by atoms with E-state index >= 15 is 0 Å². The first-order chi connectivity index (χ1) is 13.8. The fraction of sp³-hybridized carbons (Fsp3) is 0.294. The summed E-state index contributed by atoms with van der Waals surface area (Å²) in [6, 6.07) is 0. The third-order valence-corrected chi connectivity index (χ3v) is 3.12. The lowest BCUT2D eigenvalue weighted by molar-refractivity contribution is -0.163. The molecule has 0 radical (unpaired) electrons. The van der Waals surface area contributed by atoms with Gasteiger partial charge >= 0.3 is 23.9 Å². The van der Waals surface area contributed by atoms with Crippen LogP contribution in [0.1, 0.15) is 0 Å². The van der Waals surface area contributed by atoms with Gasteiger partial charge in [0.25, 0.3) is 0 Å². The van der Waals surface area contributed by atoms with Crippen LogP contribution in [0.3, 0.4) is 0 Å². The molecular formula is C17H12O8S4. The van der Waals surface area contributed by atoms with Gasteiger partial charge in [-0.3, -0.25) is 0 Å². The fourth-order valence-corrected chi connectivity index (χ4v) is 1.82. The molecule has 0 aliphatic rings. The topological polar surface area (TPSA) is 105 Å². The molecule has 0 spiro atoms. The molecule has 0 atom stereocenters. The van der Waals surface area contributed by atoms with Gasteiger partial charge in [-0.1, -0.05) is 50.5 Å². The molecule has 0 amide bonds. The van der Waals surface area contributed by atoms with Gasteiger partial charge < -0.3 is 18.9 Å². The molecule has 0 saturated carbocycles. The fourth-order valence-electron chi connectivity index (χ4n) is 1.45. The maximum atomic E-state index is 11.5. The van der Waals surface area contributed by atoms with E-state index in [0.717, 1.165) is 0 Å². The van der Waals surface area contributed by atoms with Crippen molar-refractivity contribution < 1.29 is 38.1 Å². The summed E-state index contributed by atoms with van der Waals surface area (Å²) in [6.07, 6.45) is 0. The van der Waals surface area contributed by atoms with Crippen molar-refractivity contribution in [1.82, 2.24) is 0 Å². The van der Waals surface area contributed by atoms with Crippen LogP contribution in [0.25, 0.3) is 0 Å². The van der Waals surface area contributed by atoms with Gasteiger partial charge in [-0.15, -0.1) is 0 Å². The number of carbonyl (C=O) groups is 4. The van der Waals surface area contributed by atoms with E-state index in [2.05, 4.69) is 50.5 Å². The summed E-state index contributed by atoms with van der Waals surface area (Å²) >= 11 is 14.3.